The molecular weight excluding hydrogens is 701 g/mol. The van der Waals surface area contributed by atoms with Gasteiger partial charge in [-0.2, -0.15) is 0 Å². The second-order valence-corrected chi connectivity index (χ2v) is 15.2. The van der Waals surface area contributed by atoms with Crippen LogP contribution in [0, 0.1) is 12.1 Å². The highest BCUT2D eigenvalue weighted by molar-refractivity contribution is 6.95. The van der Waals surface area contributed by atoms with Crippen LogP contribution < -0.4 is 16.4 Å². The summed E-state index contributed by atoms with van der Waals surface area (Å²) in [6.07, 6.45) is 0. The Morgan fingerprint density at radius 3 is 1.34 bits per heavy atom. The summed E-state index contributed by atoms with van der Waals surface area (Å²) in [5.41, 5.74) is 13.8. The monoisotopic (exact) mass is 735 g/mol. The zero-order valence-corrected chi connectivity index (χ0v) is 31.5. The second-order valence-electron chi connectivity index (χ2n) is 15.2. The minimum Gasteiger partial charge on any atom is -0.309 e. The van der Waals surface area contributed by atoms with Crippen molar-refractivity contribution in [1.29, 1.82) is 0 Å². The number of para-hydroxylation sites is 4. The van der Waals surface area contributed by atoms with E-state index < -0.39 is 0 Å². The van der Waals surface area contributed by atoms with Gasteiger partial charge < -0.3 is 13.7 Å². The standard InChI is InChI=1S/C54H34BN3/c1-5-17-37(18-6-1)55(38-19-7-2-8-20-38)39-29-31-51-45(33-39)46-34-42(30-32-52(46)56(51)40-21-9-3-10-22-40)58-50-28-16-14-26-44(50)48-35-47-43-25-13-15-27-49(43)57(53(47)36-54(48)58)41-23-11-4-12-24-41/h1-28,30,32-36H. The van der Waals surface area contributed by atoms with E-state index in [1.807, 2.05) is 0 Å². The Morgan fingerprint density at radius 2 is 0.759 bits per heavy atom. The van der Waals surface area contributed by atoms with E-state index in [-0.39, 0.29) is 6.71 Å². The predicted octanol–water partition coefficient (Wildman–Crippen LogP) is 11.1. The highest BCUT2D eigenvalue weighted by Crippen LogP contribution is 2.40. The van der Waals surface area contributed by atoms with Crippen LogP contribution in [-0.2, 0) is 0 Å². The van der Waals surface area contributed by atoms with Crippen LogP contribution in [0.1, 0.15) is 0 Å². The van der Waals surface area contributed by atoms with Gasteiger partial charge in [-0.3, -0.25) is 0 Å². The fourth-order valence-electron chi connectivity index (χ4n) is 9.44. The van der Waals surface area contributed by atoms with Crippen molar-refractivity contribution in [3.05, 3.63) is 218 Å². The molecule has 0 unspecified atom stereocenters. The molecule has 0 saturated heterocycles. The third-order valence-corrected chi connectivity index (χ3v) is 11.9. The molecule has 12 rings (SSSR count). The van der Waals surface area contributed by atoms with Gasteiger partial charge in [-0.15, -0.1) is 0 Å². The number of benzene rings is 8. The van der Waals surface area contributed by atoms with Crippen LogP contribution in [0.25, 0.3) is 82.5 Å². The van der Waals surface area contributed by atoms with Crippen molar-refractivity contribution < 1.29 is 0 Å². The van der Waals surface area contributed by atoms with Gasteiger partial charge in [0, 0.05) is 49.4 Å². The van der Waals surface area contributed by atoms with Crippen LogP contribution in [0.2, 0.25) is 0 Å². The quantitative estimate of drug-likeness (QED) is 0.151. The molecule has 3 nitrogen and oxygen atoms in total. The summed E-state index contributed by atoms with van der Waals surface area (Å²) in [7, 11) is 0. The first-order valence-corrected chi connectivity index (χ1v) is 19.9. The molecule has 0 spiro atoms. The largest absolute Gasteiger partial charge is 0.309 e. The summed E-state index contributed by atoms with van der Waals surface area (Å²) in [6.45, 7) is 0.0115. The van der Waals surface area contributed by atoms with Crippen molar-refractivity contribution in [2.45, 2.75) is 0 Å². The fourth-order valence-corrected chi connectivity index (χ4v) is 9.44. The summed E-state index contributed by atoms with van der Waals surface area (Å²) in [5.74, 6) is 0. The number of fused-ring (bicyclic) bond motifs is 9. The SMILES string of the molecule is c1c(B(c2ccccc2)c2ccccc2)cc2c3cc(-n4c5ccccc5c5cc6c7ccccc7n(-c7ccccc7)c6cc54)ccc3n(-c3ccccc3)c2c#1. The summed E-state index contributed by atoms with van der Waals surface area (Å²) in [4.78, 5) is 0. The number of hydrogen-bond donors (Lipinski definition) is 0. The first kappa shape index (κ1) is 32.5. The van der Waals surface area contributed by atoms with Crippen molar-refractivity contribution in [2.24, 2.45) is 0 Å². The van der Waals surface area contributed by atoms with Crippen molar-refractivity contribution in [3.8, 4) is 17.1 Å². The number of rotatable bonds is 6. The average Bonchev–Trinajstić information content (AvgIpc) is 3.92. The van der Waals surface area contributed by atoms with Gasteiger partial charge in [-0.1, -0.05) is 150 Å². The van der Waals surface area contributed by atoms with Gasteiger partial charge in [0.15, 0.2) is 0 Å². The second kappa shape index (κ2) is 12.9. The van der Waals surface area contributed by atoms with Gasteiger partial charge in [0.2, 0.25) is 0 Å². The molecule has 0 radical (unpaired) electrons. The lowest BCUT2D eigenvalue weighted by Crippen LogP contribution is -2.51. The van der Waals surface area contributed by atoms with Gasteiger partial charge in [0.1, 0.15) is 5.52 Å². The van der Waals surface area contributed by atoms with Gasteiger partial charge in [0.25, 0.3) is 6.71 Å². The summed E-state index contributed by atoms with van der Waals surface area (Å²) in [5, 5.41) is 7.31. The Balaban J connectivity index is 1.15. The van der Waals surface area contributed by atoms with Crippen LogP contribution in [0.15, 0.2) is 206 Å². The lowest BCUT2D eigenvalue weighted by Gasteiger charge is -2.14. The number of hydrogen-bond acceptors (Lipinski definition) is 0. The van der Waals surface area contributed by atoms with Gasteiger partial charge in [-0.25, -0.2) is 0 Å². The molecule has 4 heteroatoms. The van der Waals surface area contributed by atoms with Crippen molar-refractivity contribution in [2.75, 3.05) is 0 Å². The minimum atomic E-state index is 0.0115. The lowest BCUT2D eigenvalue weighted by molar-refractivity contribution is 1.16. The molecule has 12 aromatic rings. The highest BCUT2D eigenvalue weighted by Gasteiger charge is 2.24. The Morgan fingerprint density at radius 1 is 0.293 bits per heavy atom. The van der Waals surface area contributed by atoms with E-state index in [9.17, 15) is 0 Å². The maximum absolute atomic E-state index is 3.69. The zero-order chi connectivity index (χ0) is 38.2. The number of nitrogens with zero attached hydrogens (tertiary/aromatic N) is 3. The minimum absolute atomic E-state index is 0.0115. The highest BCUT2D eigenvalue weighted by atomic mass is 15.0. The van der Waals surface area contributed by atoms with E-state index >= 15 is 0 Å². The van der Waals surface area contributed by atoms with Crippen molar-refractivity contribution in [3.63, 3.8) is 0 Å². The smallest absolute Gasteiger partial charge is 0.251 e. The molecule has 268 valence electrons. The van der Waals surface area contributed by atoms with Crippen molar-refractivity contribution >= 4 is 88.5 Å². The van der Waals surface area contributed by atoms with Crippen LogP contribution in [0.3, 0.4) is 0 Å². The van der Waals surface area contributed by atoms with E-state index in [0.29, 0.717) is 0 Å². The molecular formula is C54H34BN3. The molecule has 0 N–H and O–H groups in total. The maximum atomic E-state index is 3.69. The van der Waals surface area contributed by atoms with E-state index in [4.69, 9.17) is 0 Å². The Hall–Kier alpha value is -7.74. The molecule has 0 bridgehead atoms. The topological polar surface area (TPSA) is 14.8 Å². The fraction of sp³-hybridized carbons (Fsp3) is 0. The van der Waals surface area contributed by atoms with E-state index in [0.717, 1.165) is 38.9 Å². The maximum Gasteiger partial charge on any atom is 0.251 e. The lowest BCUT2D eigenvalue weighted by atomic mass is 9.37. The molecule has 9 aromatic carbocycles. The molecule has 0 amide bonds. The Bertz CT molecular complexity index is 3450. The molecule has 0 fully saturated rings. The first-order chi connectivity index (χ1) is 28.8. The van der Waals surface area contributed by atoms with Gasteiger partial charge >= 0.3 is 0 Å². The summed E-state index contributed by atoms with van der Waals surface area (Å²) >= 11 is 0. The van der Waals surface area contributed by atoms with E-state index in [2.05, 4.69) is 232 Å². The van der Waals surface area contributed by atoms with E-state index in [1.54, 1.807) is 0 Å². The molecule has 0 aliphatic carbocycles. The molecule has 0 saturated carbocycles. The first-order valence-electron chi connectivity index (χ1n) is 19.9. The average molecular weight is 736 g/mol. The van der Waals surface area contributed by atoms with Crippen LogP contribution in [0.4, 0.5) is 0 Å². The van der Waals surface area contributed by atoms with Crippen LogP contribution in [-0.4, -0.2) is 20.4 Å². The molecule has 0 aliphatic rings. The van der Waals surface area contributed by atoms with Gasteiger partial charge in [0.05, 0.1) is 27.6 Å². The van der Waals surface area contributed by atoms with Crippen molar-refractivity contribution in [1.82, 2.24) is 13.7 Å². The summed E-state index contributed by atoms with van der Waals surface area (Å²) < 4.78 is 7.20. The van der Waals surface area contributed by atoms with E-state index in [1.165, 1.54) is 59.9 Å². The Labute approximate surface area is 336 Å². The normalized spacial score (nSPS) is 11.7. The molecule has 58 heavy (non-hydrogen) atoms. The molecule has 3 aromatic heterocycles. The zero-order valence-electron chi connectivity index (χ0n) is 31.5. The molecule has 0 aliphatic heterocycles. The molecule has 3 heterocycles. The Kier molecular flexibility index (Phi) is 7.24. The predicted molar refractivity (Wildman–Crippen MR) is 245 cm³/mol. The third kappa shape index (κ3) is 4.90. The van der Waals surface area contributed by atoms with Crippen LogP contribution in [0.5, 0.6) is 0 Å². The summed E-state index contributed by atoms with van der Waals surface area (Å²) in [6, 6.07) is 82.0. The number of aromatic nitrogens is 3. The van der Waals surface area contributed by atoms with Crippen LogP contribution >= 0.6 is 0 Å². The molecule has 0 atom stereocenters. The van der Waals surface area contributed by atoms with Gasteiger partial charge in [-0.05, 0) is 84.3 Å². The third-order valence-electron chi connectivity index (χ3n) is 11.9.